The molecular weight excluding hydrogens is 598 g/mol. The molecule has 5 heterocycles. The second kappa shape index (κ2) is 11.2. The summed E-state index contributed by atoms with van der Waals surface area (Å²) < 4.78 is 31.3. The molecule has 2 saturated heterocycles. The van der Waals surface area contributed by atoms with Crippen molar-refractivity contribution in [3.63, 3.8) is 0 Å². The number of sulfonamides is 1. The van der Waals surface area contributed by atoms with Crippen molar-refractivity contribution in [3.8, 4) is 0 Å². The molecule has 0 bridgehead atoms. The van der Waals surface area contributed by atoms with Gasteiger partial charge < -0.3 is 10.2 Å². The number of carbonyl (C=O) groups excluding carboxylic acids is 1. The van der Waals surface area contributed by atoms with Crippen molar-refractivity contribution in [1.82, 2.24) is 29.0 Å². The van der Waals surface area contributed by atoms with E-state index >= 15 is 0 Å². The summed E-state index contributed by atoms with van der Waals surface area (Å²) in [5.41, 5.74) is 2.65. The highest BCUT2D eigenvalue weighted by atomic mass is 79.9. The average Bonchev–Trinajstić information content (AvgIpc) is 3.34. The maximum Gasteiger partial charge on any atom is 0.358 e. The van der Waals surface area contributed by atoms with Crippen molar-refractivity contribution < 1.29 is 18.0 Å². The van der Waals surface area contributed by atoms with Crippen LogP contribution in [-0.4, -0.2) is 69.5 Å². The van der Waals surface area contributed by atoms with Gasteiger partial charge in [-0.3, -0.25) is 4.98 Å². The first-order chi connectivity index (χ1) is 19.4. The molecule has 40 heavy (non-hydrogen) atoms. The maximum absolute atomic E-state index is 13.6. The quantitative estimate of drug-likeness (QED) is 0.311. The number of pyridine rings is 1. The number of carbonyl (C=O) groups is 1. The lowest BCUT2D eigenvalue weighted by Crippen LogP contribution is -2.40. The Kier molecular flexibility index (Phi) is 7.53. The number of hydroxylamine groups is 2. The summed E-state index contributed by atoms with van der Waals surface area (Å²) in [6.07, 6.45) is 7.39. The fourth-order valence-corrected chi connectivity index (χ4v) is 6.92. The molecule has 0 saturated carbocycles. The number of nitrogens with zero attached hydrogens (tertiary/aromatic N) is 6. The molecule has 0 aliphatic carbocycles. The highest BCUT2D eigenvalue weighted by Gasteiger charge is 2.34. The summed E-state index contributed by atoms with van der Waals surface area (Å²) in [5, 5.41) is 9.42. The molecular formula is C27H28BrN7O4S. The van der Waals surface area contributed by atoms with E-state index in [0.29, 0.717) is 51.2 Å². The first-order valence-electron chi connectivity index (χ1n) is 13.1. The van der Waals surface area contributed by atoms with E-state index in [9.17, 15) is 13.2 Å². The summed E-state index contributed by atoms with van der Waals surface area (Å²) in [5.74, 6) is 0.201. The van der Waals surface area contributed by atoms with Crippen LogP contribution in [-0.2, 0) is 21.4 Å². The Labute approximate surface area is 240 Å². The number of piperidine rings is 1. The minimum atomic E-state index is -3.89. The molecule has 3 aromatic heterocycles. The van der Waals surface area contributed by atoms with Crippen LogP contribution in [0.2, 0.25) is 0 Å². The zero-order valence-electron chi connectivity index (χ0n) is 21.6. The number of hydrogen-bond acceptors (Lipinski definition) is 9. The topological polar surface area (TPSA) is 122 Å². The third-order valence-corrected chi connectivity index (χ3v) is 9.79. The number of rotatable bonds is 8. The van der Waals surface area contributed by atoms with Crippen LogP contribution < -0.4 is 5.32 Å². The van der Waals surface area contributed by atoms with Crippen molar-refractivity contribution in [3.05, 3.63) is 82.3 Å². The Bertz CT molecular complexity index is 1640. The van der Waals surface area contributed by atoms with Gasteiger partial charge in [0.15, 0.2) is 5.65 Å². The number of nitrogens with one attached hydrogen (secondary N) is 1. The molecule has 13 heteroatoms. The van der Waals surface area contributed by atoms with Gasteiger partial charge in [-0.1, -0.05) is 18.2 Å². The van der Waals surface area contributed by atoms with Crippen molar-refractivity contribution in [2.24, 2.45) is 0 Å². The van der Waals surface area contributed by atoms with Crippen molar-refractivity contribution in [2.75, 3.05) is 31.5 Å². The summed E-state index contributed by atoms with van der Waals surface area (Å²) in [6, 6.07) is 12.1. The van der Waals surface area contributed by atoms with Crippen LogP contribution in [0, 0.1) is 0 Å². The molecule has 11 nitrogen and oxygen atoms in total. The largest absolute Gasteiger partial charge is 0.366 e. The number of anilines is 1. The molecule has 0 atom stereocenters. The van der Waals surface area contributed by atoms with Crippen molar-refractivity contribution in [1.29, 1.82) is 0 Å². The fourth-order valence-electron chi connectivity index (χ4n) is 4.92. The molecule has 0 spiro atoms. The maximum atomic E-state index is 13.6. The molecule has 2 aliphatic heterocycles. The standard InChI is InChI=1S/C27H28BrN7O4S/c28-22-18-31-35-25(30-17-19-5-3-10-29-16-19)15-23(32-26(22)35)20-8-13-34(14-9-20)40(37,38)24-7-2-1-6-21(24)27(36)39-33-11-4-12-33/h1-3,5-7,10,15-16,18,20,30H,4,8-9,11-14,17H2. The van der Waals surface area contributed by atoms with Gasteiger partial charge in [-0.05, 0) is 59.0 Å². The van der Waals surface area contributed by atoms with Gasteiger partial charge in [0.25, 0.3) is 0 Å². The fraction of sp³-hybridized carbons (Fsp3) is 0.333. The number of hydrogen-bond donors (Lipinski definition) is 1. The number of benzene rings is 1. The summed E-state index contributed by atoms with van der Waals surface area (Å²) in [7, 11) is -3.89. The summed E-state index contributed by atoms with van der Waals surface area (Å²) >= 11 is 3.55. The summed E-state index contributed by atoms with van der Waals surface area (Å²) in [6.45, 7) is 2.51. The van der Waals surface area contributed by atoms with E-state index in [0.717, 1.165) is 28.0 Å². The van der Waals surface area contributed by atoms with Crippen molar-refractivity contribution >= 4 is 43.4 Å². The molecule has 208 valence electrons. The number of fused-ring (bicyclic) bond motifs is 1. The molecule has 1 aromatic carbocycles. The van der Waals surface area contributed by atoms with Gasteiger partial charge in [0.05, 0.1) is 21.1 Å². The molecule has 0 unspecified atom stereocenters. The minimum absolute atomic E-state index is 0.0244. The predicted molar refractivity (Wildman–Crippen MR) is 151 cm³/mol. The monoisotopic (exact) mass is 625 g/mol. The van der Waals surface area contributed by atoms with Crippen molar-refractivity contribution in [2.45, 2.75) is 36.6 Å². The lowest BCUT2D eigenvalue weighted by atomic mass is 9.94. The predicted octanol–water partition coefficient (Wildman–Crippen LogP) is 3.84. The van der Waals surface area contributed by atoms with Gasteiger partial charge in [-0.2, -0.15) is 13.9 Å². The summed E-state index contributed by atoms with van der Waals surface area (Å²) in [4.78, 5) is 27.1. The SMILES string of the molecule is O=C(ON1CCC1)c1ccccc1S(=O)(=O)N1CCC(c2cc(NCc3cccnc3)n3ncc(Br)c3n2)CC1. The van der Waals surface area contributed by atoms with E-state index in [1.54, 1.807) is 34.1 Å². The lowest BCUT2D eigenvalue weighted by molar-refractivity contribution is -0.147. The van der Waals surface area contributed by atoms with Gasteiger partial charge >= 0.3 is 5.97 Å². The van der Waals surface area contributed by atoms with E-state index in [4.69, 9.17) is 9.82 Å². The smallest absolute Gasteiger partial charge is 0.358 e. The first kappa shape index (κ1) is 26.8. The van der Waals surface area contributed by atoms with Gasteiger partial charge in [-0.15, -0.1) is 5.06 Å². The highest BCUT2D eigenvalue weighted by Crippen LogP contribution is 2.33. The third-order valence-electron chi connectivity index (χ3n) is 7.27. The van der Waals surface area contributed by atoms with E-state index in [1.165, 1.54) is 16.4 Å². The number of halogens is 1. The van der Waals surface area contributed by atoms with Gasteiger partial charge in [0, 0.05) is 62.8 Å². The Morgan fingerprint density at radius 1 is 1.07 bits per heavy atom. The number of aromatic nitrogens is 4. The third kappa shape index (κ3) is 5.33. The van der Waals surface area contributed by atoms with Crippen LogP contribution in [0.15, 0.2) is 70.4 Å². The highest BCUT2D eigenvalue weighted by molar-refractivity contribution is 9.10. The lowest BCUT2D eigenvalue weighted by Gasteiger charge is -2.32. The Hall–Kier alpha value is -3.39. The van der Waals surface area contributed by atoms with E-state index in [1.807, 2.05) is 24.4 Å². The molecule has 0 radical (unpaired) electrons. The van der Waals surface area contributed by atoms with E-state index in [2.05, 4.69) is 31.3 Å². The Balaban J connectivity index is 1.19. The normalized spacial score (nSPS) is 17.0. The molecule has 6 rings (SSSR count). The Morgan fingerprint density at radius 2 is 1.88 bits per heavy atom. The van der Waals surface area contributed by atoms with Crippen LogP contribution in [0.3, 0.4) is 0 Å². The zero-order valence-corrected chi connectivity index (χ0v) is 24.0. The second-order valence-corrected chi connectivity index (χ2v) is 12.6. The van der Waals surface area contributed by atoms with Crippen LogP contribution in [0.5, 0.6) is 0 Å². The van der Waals surface area contributed by atoms with E-state index < -0.39 is 16.0 Å². The second-order valence-electron chi connectivity index (χ2n) is 9.84. The van der Waals surface area contributed by atoms with Gasteiger partial charge in [0.2, 0.25) is 10.0 Å². The molecule has 2 aliphatic rings. The van der Waals surface area contributed by atoms with Crippen LogP contribution >= 0.6 is 15.9 Å². The van der Waals surface area contributed by atoms with Gasteiger partial charge in [0.1, 0.15) is 5.82 Å². The minimum Gasteiger partial charge on any atom is -0.366 e. The van der Waals surface area contributed by atoms with Crippen LogP contribution in [0.1, 0.15) is 46.8 Å². The molecule has 0 amide bonds. The van der Waals surface area contributed by atoms with Gasteiger partial charge in [-0.25, -0.2) is 18.2 Å². The Morgan fingerprint density at radius 3 is 2.60 bits per heavy atom. The molecule has 4 aromatic rings. The first-order valence-corrected chi connectivity index (χ1v) is 15.4. The zero-order chi connectivity index (χ0) is 27.7. The molecule has 1 N–H and O–H groups in total. The molecule has 2 fully saturated rings. The van der Waals surface area contributed by atoms with Crippen LogP contribution in [0.25, 0.3) is 5.65 Å². The average molecular weight is 627 g/mol. The van der Waals surface area contributed by atoms with Crippen LogP contribution in [0.4, 0.5) is 5.82 Å². The van der Waals surface area contributed by atoms with E-state index in [-0.39, 0.29) is 16.4 Å².